The third-order valence-electron chi connectivity index (χ3n) is 8.56. The van der Waals surface area contributed by atoms with E-state index in [1.165, 1.54) is 11.8 Å². The standard InChI is InChI=1S/C34H49N9O5/c1-5-26-20-43(30(45)22-41-14-16-42(17-15-41)34-35-12-9-13-36-34)21-29(44)37-24(4)31(46)39-27(18-23(2)3)33(48)40-28(32(47)38-26)19-25-10-7-6-8-11-25/h6-13,23-24,26-28H,5,14-22H2,1-4H3,(H,37,44)(H,38,47)(H,39,46)(H,40,48)/t24-,26+,27+,28+/m1/s1. The number of hydrogen-bond acceptors (Lipinski definition) is 9. The number of benzene rings is 1. The highest BCUT2D eigenvalue weighted by Gasteiger charge is 2.32. The molecule has 0 saturated carbocycles. The number of carbonyl (C=O) groups is 5. The predicted molar refractivity (Wildman–Crippen MR) is 181 cm³/mol. The molecule has 1 aromatic carbocycles. The maximum absolute atomic E-state index is 13.8. The van der Waals surface area contributed by atoms with Gasteiger partial charge >= 0.3 is 0 Å². The van der Waals surface area contributed by atoms with Gasteiger partial charge in [0, 0.05) is 57.6 Å². The van der Waals surface area contributed by atoms with Crippen LogP contribution in [-0.4, -0.2) is 119 Å². The molecule has 0 spiro atoms. The Balaban J connectivity index is 1.53. The van der Waals surface area contributed by atoms with Crippen molar-refractivity contribution in [2.24, 2.45) is 5.92 Å². The van der Waals surface area contributed by atoms with E-state index < -0.39 is 47.8 Å². The lowest BCUT2D eigenvalue weighted by molar-refractivity contribution is -0.138. The van der Waals surface area contributed by atoms with Gasteiger partial charge in [-0.25, -0.2) is 9.97 Å². The van der Waals surface area contributed by atoms with Crippen molar-refractivity contribution in [3.05, 3.63) is 54.4 Å². The van der Waals surface area contributed by atoms with Crippen LogP contribution in [0, 0.1) is 5.92 Å². The average molecular weight is 664 g/mol. The molecule has 4 atom stereocenters. The molecule has 0 bridgehead atoms. The largest absolute Gasteiger partial charge is 0.350 e. The minimum Gasteiger partial charge on any atom is -0.350 e. The molecule has 2 saturated heterocycles. The normalized spacial score (nSPS) is 23.8. The van der Waals surface area contributed by atoms with E-state index in [0.29, 0.717) is 45.0 Å². The molecule has 260 valence electrons. The van der Waals surface area contributed by atoms with Crippen LogP contribution < -0.4 is 26.2 Å². The lowest BCUT2D eigenvalue weighted by Crippen LogP contribution is -2.57. The summed E-state index contributed by atoms with van der Waals surface area (Å²) in [5.41, 5.74) is 0.854. The van der Waals surface area contributed by atoms with Crippen molar-refractivity contribution < 1.29 is 24.0 Å². The van der Waals surface area contributed by atoms with Crippen LogP contribution in [0.3, 0.4) is 0 Å². The van der Waals surface area contributed by atoms with E-state index in [-0.39, 0.29) is 37.9 Å². The number of anilines is 1. The molecule has 4 rings (SSSR count). The van der Waals surface area contributed by atoms with Crippen molar-refractivity contribution in [2.45, 2.75) is 71.1 Å². The fraction of sp³-hybridized carbons (Fsp3) is 0.559. The number of carbonyl (C=O) groups excluding carboxylic acids is 5. The molecule has 2 fully saturated rings. The number of aromatic nitrogens is 2. The van der Waals surface area contributed by atoms with Gasteiger partial charge in [0.05, 0.1) is 13.1 Å². The van der Waals surface area contributed by atoms with Crippen molar-refractivity contribution in [1.29, 1.82) is 0 Å². The van der Waals surface area contributed by atoms with E-state index >= 15 is 0 Å². The predicted octanol–water partition coefficient (Wildman–Crippen LogP) is 0.0987. The van der Waals surface area contributed by atoms with Gasteiger partial charge in [-0.05, 0) is 37.3 Å². The highest BCUT2D eigenvalue weighted by atomic mass is 16.2. The van der Waals surface area contributed by atoms with Crippen LogP contribution in [0.4, 0.5) is 5.95 Å². The van der Waals surface area contributed by atoms with Gasteiger partial charge in [-0.15, -0.1) is 0 Å². The summed E-state index contributed by atoms with van der Waals surface area (Å²) in [5, 5.41) is 11.4. The molecule has 4 N–H and O–H groups in total. The molecular formula is C34H49N9O5. The first-order valence-corrected chi connectivity index (χ1v) is 16.8. The topological polar surface area (TPSA) is 169 Å². The molecule has 14 nitrogen and oxygen atoms in total. The smallest absolute Gasteiger partial charge is 0.243 e. The average Bonchev–Trinajstić information content (AvgIpc) is 3.07. The molecule has 2 aromatic rings. The maximum atomic E-state index is 13.8. The Morgan fingerprint density at radius 3 is 2.15 bits per heavy atom. The van der Waals surface area contributed by atoms with Gasteiger partial charge in [0.25, 0.3) is 0 Å². The zero-order valence-electron chi connectivity index (χ0n) is 28.4. The molecule has 3 heterocycles. The first-order chi connectivity index (χ1) is 23.0. The number of nitrogens with zero attached hydrogens (tertiary/aromatic N) is 5. The zero-order chi connectivity index (χ0) is 34.6. The summed E-state index contributed by atoms with van der Waals surface area (Å²) >= 11 is 0. The van der Waals surface area contributed by atoms with Crippen molar-refractivity contribution >= 4 is 35.5 Å². The molecule has 2 aliphatic rings. The number of hydrogen-bond donors (Lipinski definition) is 4. The number of piperazine rings is 1. The van der Waals surface area contributed by atoms with Crippen LogP contribution in [0.1, 0.15) is 46.1 Å². The van der Waals surface area contributed by atoms with E-state index in [1.807, 2.05) is 56.0 Å². The SMILES string of the molecule is CC[C@H]1CN(C(=O)CN2CCN(c3ncccn3)CC2)CC(=O)N[C@H](C)C(=O)N[C@@H](CC(C)C)C(=O)N[C@@H](Cc2ccccc2)C(=O)N1. The zero-order valence-corrected chi connectivity index (χ0v) is 28.4. The minimum absolute atomic E-state index is 0.0631. The second-order valence-electron chi connectivity index (χ2n) is 12.9. The highest BCUT2D eigenvalue weighted by Crippen LogP contribution is 2.12. The van der Waals surface area contributed by atoms with Gasteiger partial charge < -0.3 is 31.1 Å². The summed E-state index contributed by atoms with van der Waals surface area (Å²) in [5.74, 6) is -1.50. The number of rotatable bonds is 8. The Kier molecular flexibility index (Phi) is 13.2. The Bertz CT molecular complexity index is 1390. The maximum Gasteiger partial charge on any atom is 0.243 e. The fourth-order valence-electron chi connectivity index (χ4n) is 5.81. The van der Waals surface area contributed by atoms with Crippen molar-refractivity contribution in [3.63, 3.8) is 0 Å². The van der Waals surface area contributed by atoms with Crippen molar-refractivity contribution in [2.75, 3.05) is 50.7 Å². The summed E-state index contributed by atoms with van der Waals surface area (Å²) in [7, 11) is 0. The van der Waals surface area contributed by atoms with Crippen LogP contribution in [0.15, 0.2) is 48.8 Å². The summed E-state index contributed by atoms with van der Waals surface area (Å²) in [6, 6.07) is 7.82. The van der Waals surface area contributed by atoms with Gasteiger partial charge in [-0.1, -0.05) is 51.1 Å². The molecule has 2 aliphatic heterocycles. The summed E-state index contributed by atoms with van der Waals surface area (Å²) in [6.45, 7) is 9.66. The second-order valence-corrected chi connectivity index (χ2v) is 12.9. The van der Waals surface area contributed by atoms with E-state index in [1.54, 1.807) is 18.5 Å². The van der Waals surface area contributed by atoms with E-state index in [2.05, 4.69) is 36.1 Å². The molecule has 0 aliphatic carbocycles. The molecule has 5 amide bonds. The Morgan fingerprint density at radius 2 is 1.50 bits per heavy atom. The van der Waals surface area contributed by atoms with Gasteiger partial charge in [0.15, 0.2) is 0 Å². The van der Waals surface area contributed by atoms with E-state index in [9.17, 15) is 24.0 Å². The second kappa shape index (κ2) is 17.5. The first kappa shape index (κ1) is 36.2. The van der Waals surface area contributed by atoms with Crippen molar-refractivity contribution in [1.82, 2.24) is 41.0 Å². The van der Waals surface area contributed by atoms with Crippen molar-refractivity contribution in [3.8, 4) is 0 Å². The molecule has 1 aromatic heterocycles. The fourth-order valence-corrected chi connectivity index (χ4v) is 5.81. The minimum atomic E-state index is -0.961. The molecule has 0 unspecified atom stereocenters. The third kappa shape index (κ3) is 10.7. The van der Waals surface area contributed by atoms with E-state index in [4.69, 9.17) is 0 Å². The van der Waals surface area contributed by atoms with Gasteiger partial charge in [0.1, 0.15) is 18.1 Å². The van der Waals surface area contributed by atoms with Crippen LogP contribution in [0.25, 0.3) is 0 Å². The van der Waals surface area contributed by atoms with Crippen LogP contribution in [0.2, 0.25) is 0 Å². The van der Waals surface area contributed by atoms with Gasteiger partial charge in [-0.2, -0.15) is 0 Å². The Morgan fingerprint density at radius 1 is 0.854 bits per heavy atom. The Hall–Kier alpha value is -4.59. The molecular weight excluding hydrogens is 614 g/mol. The van der Waals surface area contributed by atoms with E-state index in [0.717, 1.165) is 5.56 Å². The third-order valence-corrected chi connectivity index (χ3v) is 8.56. The summed E-state index contributed by atoms with van der Waals surface area (Å²) in [6.07, 6.45) is 4.44. The lowest BCUT2D eigenvalue weighted by Gasteiger charge is -2.36. The summed E-state index contributed by atoms with van der Waals surface area (Å²) < 4.78 is 0. The lowest BCUT2D eigenvalue weighted by atomic mass is 10.0. The Labute approximate surface area is 282 Å². The van der Waals surface area contributed by atoms with Crippen LogP contribution in [0.5, 0.6) is 0 Å². The number of amides is 5. The quantitative estimate of drug-likeness (QED) is 0.306. The summed E-state index contributed by atoms with van der Waals surface area (Å²) in [4.78, 5) is 81.7. The van der Waals surface area contributed by atoms with Crippen LogP contribution >= 0.6 is 0 Å². The highest BCUT2D eigenvalue weighted by molar-refractivity contribution is 5.95. The monoisotopic (exact) mass is 663 g/mol. The molecule has 0 radical (unpaired) electrons. The first-order valence-electron chi connectivity index (χ1n) is 16.8. The molecule has 48 heavy (non-hydrogen) atoms. The van der Waals surface area contributed by atoms with Gasteiger partial charge in [0.2, 0.25) is 35.5 Å². The van der Waals surface area contributed by atoms with Crippen LogP contribution in [-0.2, 0) is 30.4 Å². The molecule has 14 heteroatoms. The van der Waals surface area contributed by atoms with Gasteiger partial charge in [-0.3, -0.25) is 28.9 Å². The number of nitrogens with one attached hydrogen (secondary N) is 4.